The lowest BCUT2D eigenvalue weighted by atomic mass is 10.1. The van der Waals surface area contributed by atoms with Gasteiger partial charge in [-0.1, -0.05) is 59.3 Å². The van der Waals surface area contributed by atoms with E-state index < -0.39 is 17.6 Å². The number of hydrogen-bond acceptors (Lipinski definition) is 5. The van der Waals surface area contributed by atoms with Crippen molar-refractivity contribution in [3.05, 3.63) is 64.1 Å². The third-order valence-corrected chi connectivity index (χ3v) is 6.10. The molecule has 0 aliphatic carbocycles. The fourth-order valence-electron chi connectivity index (χ4n) is 3.13. The van der Waals surface area contributed by atoms with Gasteiger partial charge in [-0.2, -0.15) is 13.2 Å². The number of carbonyl (C=O) groups is 2. The first-order valence-electron chi connectivity index (χ1n) is 10.4. The van der Waals surface area contributed by atoms with Crippen molar-refractivity contribution in [3.63, 3.8) is 0 Å². The monoisotopic (exact) mass is 554 g/mol. The Morgan fingerprint density at radius 1 is 1.12 bits per heavy atom. The molecule has 0 atom stereocenters. The third-order valence-electron chi connectivity index (χ3n) is 4.68. The van der Waals surface area contributed by atoms with E-state index in [-0.39, 0.29) is 30.4 Å². The first-order valence-corrected chi connectivity index (χ1v) is 12.0. The van der Waals surface area contributed by atoms with Crippen molar-refractivity contribution in [2.24, 2.45) is 5.92 Å². The summed E-state index contributed by atoms with van der Waals surface area (Å²) in [4.78, 5) is 26.8. The number of alkyl halides is 3. The molecule has 1 N–H and O–H groups in total. The topological polar surface area (TPSA) is 75.2 Å². The van der Waals surface area contributed by atoms with E-state index in [0.717, 1.165) is 22.2 Å². The number of hydrogen-bond donors (Lipinski definition) is 1. The molecule has 0 fully saturated rings. The number of rotatable bonds is 8. The van der Waals surface area contributed by atoms with E-state index >= 15 is 0 Å². The quantitative estimate of drug-likeness (QED) is 0.364. The Kier molecular flexibility index (Phi) is 8.42. The average molecular weight is 555 g/mol. The van der Waals surface area contributed by atoms with Gasteiger partial charge in [0.05, 0.1) is 5.56 Å². The molecule has 0 radical (unpaired) electrons. The lowest BCUT2D eigenvalue weighted by molar-refractivity contribution is -0.137. The highest BCUT2D eigenvalue weighted by Crippen LogP contribution is 2.30. The predicted molar refractivity (Wildman–Crippen MR) is 128 cm³/mol. The van der Waals surface area contributed by atoms with Crippen LogP contribution in [0.3, 0.4) is 0 Å². The van der Waals surface area contributed by atoms with Crippen molar-refractivity contribution in [3.8, 4) is 10.6 Å². The molecule has 6 nitrogen and oxygen atoms in total. The van der Waals surface area contributed by atoms with Gasteiger partial charge in [0.15, 0.2) is 0 Å². The minimum Gasteiger partial charge on any atom is -0.338 e. The number of benzene rings is 2. The zero-order valence-electron chi connectivity index (χ0n) is 18.4. The van der Waals surface area contributed by atoms with E-state index in [1.807, 2.05) is 38.1 Å². The van der Waals surface area contributed by atoms with Crippen LogP contribution in [0.2, 0.25) is 0 Å². The Morgan fingerprint density at radius 3 is 2.47 bits per heavy atom. The van der Waals surface area contributed by atoms with Crippen molar-refractivity contribution in [2.75, 3.05) is 18.4 Å². The Labute approximate surface area is 207 Å². The molecule has 11 heteroatoms. The van der Waals surface area contributed by atoms with Crippen LogP contribution in [0.1, 0.15) is 36.2 Å². The first-order chi connectivity index (χ1) is 16.0. The van der Waals surface area contributed by atoms with Crippen LogP contribution in [-0.4, -0.2) is 40.0 Å². The Hall–Kier alpha value is -2.79. The Morgan fingerprint density at radius 2 is 1.82 bits per heavy atom. The number of nitrogens with zero attached hydrogens (tertiary/aromatic N) is 3. The average Bonchev–Trinajstić information content (AvgIpc) is 3.24. The molecular formula is C23H22BrF3N4O2S. The van der Waals surface area contributed by atoms with E-state index in [9.17, 15) is 22.8 Å². The standard InChI is InChI=1S/C23H22BrF3N4O2S/c1-14(2)13-31(21(33)16-4-3-5-17(12-16)23(25,26)27)11-10-19(32)28-22-30-29-20(34-22)15-6-8-18(24)9-7-15/h3-9,12,14H,10-11,13H2,1-2H3,(H,28,30,32). The molecule has 0 unspecified atom stereocenters. The summed E-state index contributed by atoms with van der Waals surface area (Å²) >= 11 is 4.58. The lowest BCUT2D eigenvalue weighted by Gasteiger charge is -2.24. The maximum Gasteiger partial charge on any atom is 0.416 e. The van der Waals surface area contributed by atoms with Crippen LogP contribution in [0.15, 0.2) is 53.0 Å². The highest BCUT2D eigenvalue weighted by atomic mass is 79.9. The van der Waals surface area contributed by atoms with E-state index in [4.69, 9.17) is 0 Å². The second kappa shape index (κ2) is 11.1. The van der Waals surface area contributed by atoms with Crippen LogP contribution < -0.4 is 5.32 Å². The van der Waals surface area contributed by atoms with Crippen LogP contribution in [0.4, 0.5) is 18.3 Å². The summed E-state index contributed by atoms with van der Waals surface area (Å²) < 4.78 is 40.1. The van der Waals surface area contributed by atoms with Gasteiger partial charge in [-0.3, -0.25) is 9.59 Å². The molecule has 34 heavy (non-hydrogen) atoms. The molecule has 3 aromatic rings. The maximum absolute atomic E-state index is 13.0. The van der Waals surface area contributed by atoms with Crippen molar-refractivity contribution >= 4 is 44.2 Å². The molecule has 2 amide bonds. The molecule has 180 valence electrons. The van der Waals surface area contributed by atoms with E-state index in [0.29, 0.717) is 16.7 Å². The van der Waals surface area contributed by atoms with Crippen LogP contribution in [0.5, 0.6) is 0 Å². The summed E-state index contributed by atoms with van der Waals surface area (Å²) in [5.74, 6) is -0.861. The molecular weight excluding hydrogens is 533 g/mol. The van der Waals surface area contributed by atoms with Crippen LogP contribution >= 0.6 is 27.3 Å². The van der Waals surface area contributed by atoms with Gasteiger partial charge in [0.25, 0.3) is 5.91 Å². The molecule has 0 bridgehead atoms. The Balaban J connectivity index is 1.64. The predicted octanol–water partition coefficient (Wildman–Crippen LogP) is 6.11. The van der Waals surface area contributed by atoms with E-state index in [1.54, 1.807) is 0 Å². The fourth-order valence-corrected chi connectivity index (χ4v) is 4.16. The molecule has 0 aliphatic rings. The molecule has 0 spiro atoms. The number of amides is 2. The number of nitrogens with one attached hydrogen (secondary N) is 1. The molecule has 2 aromatic carbocycles. The van der Waals surface area contributed by atoms with Gasteiger partial charge in [0.2, 0.25) is 11.0 Å². The normalized spacial score (nSPS) is 11.5. The SMILES string of the molecule is CC(C)CN(CCC(=O)Nc1nnc(-c2ccc(Br)cc2)s1)C(=O)c1cccc(C(F)(F)F)c1. The fraction of sp³-hybridized carbons (Fsp3) is 0.304. The lowest BCUT2D eigenvalue weighted by Crippen LogP contribution is -2.36. The summed E-state index contributed by atoms with van der Waals surface area (Å²) in [6, 6.07) is 11.8. The third kappa shape index (κ3) is 7.10. The van der Waals surface area contributed by atoms with Crippen molar-refractivity contribution in [1.82, 2.24) is 15.1 Å². The highest BCUT2D eigenvalue weighted by molar-refractivity contribution is 9.10. The van der Waals surface area contributed by atoms with E-state index in [1.165, 1.54) is 28.4 Å². The molecule has 0 saturated heterocycles. The minimum atomic E-state index is -4.55. The van der Waals surface area contributed by atoms with Crippen LogP contribution in [-0.2, 0) is 11.0 Å². The zero-order chi connectivity index (χ0) is 24.9. The summed E-state index contributed by atoms with van der Waals surface area (Å²) in [6.45, 7) is 4.13. The first kappa shape index (κ1) is 25.8. The highest BCUT2D eigenvalue weighted by Gasteiger charge is 2.31. The number of aromatic nitrogens is 2. The summed E-state index contributed by atoms with van der Waals surface area (Å²) in [7, 11) is 0. The van der Waals surface area contributed by atoms with Crippen molar-refractivity contribution < 1.29 is 22.8 Å². The second-order valence-corrected chi connectivity index (χ2v) is 9.83. The van der Waals surface area contributed by atoms with Gasteiger partial charge >= 0.3 is 6.18 Å². The Bertz CT molecular complexity index is 1150. The van der Waals surface area contributed by atoms with Gasteiger partial charge in [-0.15, -0.1) is 10.2 Å². The molecule has 1 aromatic heterocycles. The van der Waals surface area contributed by atoms with Gasteiger partial charge < -0.3 is 10.2 Å². The number of anilines is 1. The van der Waals surface area contributed by atoms with Crippen molar-refractivity contribution in [2.45, 2.75) is 26.4 Å². The van der Waals surface area contributed by atoms with Crippen LogP contribution in [0.25, 0.3) is 10.6 Å². The van der Waals surface area contributed by atoms with Gasteiger partial charge in [0.1, 0.15) is 5.01 Å². The maximum atomic E-state index is 13.0. The van der Waals surface area contributed by atoms with Gasteiger partial charge in [0, 0.05) is 35.1 Å². The molecule has 0 saturated carbocycles. The van der Waals surface area contributed by atoms with E-state index in [2.05, 4.69) is 31.4 Å². The van der Waals surface area contributed by atoms with Crippen molar-refractivity contribution in [1.29, 1.82) is 0 Å². The summed E-state index contributed by atoms with van der Waals surface area (Å²) in [5.41, 5.74) is -0.103. The van der Waals surface area contributed by atoms with Crippen LogP contribution in [0, 0.1) is 5.92 Å². The molecule has 3 rings (SSSR count). The molecule has 1 heterocycles. The minimum absolute atomic E-state index is 0.0371. The second-order valence-electron chi connectivity index (χ2n) is 7.94. The van der Waals surface area contributed by atoms with Gasteiger partial charge in [-0.25, -0.2) is 0 Å². The summed E-state index contributed by atoms with van der Waals surface area (Å²) in [6.07, 6.45) is -4.58. The smallest absolute Gasteiger partial charge is 0.338 e. The largest absolute Gasteiger partial charge is 0.416 e. The number of carbonyl (C=O) groups excluding carboxylic acids is 2. The molecule has 0 aliphatic heterocycles. The number of halogens is 4. The zero-order valence-corrected chi connectivity index (χ0v) is 20.8. The van der Waals surface area contributed by atoms with Gasteiger partial charge in [-0.05, 0) is 36.2 Å². The summed E-state index contributed by atoms with van der Waals surface area (Å²) in [5, 5.41) is 11.7.